The van der Waals surface area contributed by atoms with Gasteiger partial charge in [-0.3, -0.25) is 0 Å². The molecule has 2 aromatic carbocycles. The van der Waals surface area contributed by atoms with Crippen LogP contribution in [0, 0.1) is 0 Å². The molecule has 0 amide bonds. The monoisotopic (exact) mass is 296 g/mol. The summed E-state index contributed by atoms with van der Waals surface area (Å²) in [4.78, 5) is 9.03. The number of rotatable bonds is 4. The lowest BCUT2D eigenvalue weighted by Gasteiger charge is -2.09. The summed E-state index contributed by atoms with van der Waals surface area (Å²) in [6, 6.07) is 11.3. The molecule has 3 rings (SSSR count). The first-order valence-corrected chi connectivity index (χ1v) is 6.78. The van der Waals surface area contributed by atoms with Crippen LogP contribution < -0.4 is 14.2 Å². The lowest BCUT2D eigenvalue weighted by atomic mass is 10.1. The van der Waals surface area contributed by atoms with Crippen molar-refractivity contribution in [2.45, 2.75) is 0 Å². The lowest BCUT2D eigenvalue weighted by molar-refractivity contribution is 0.397. The minimum atomic E-state index is 0.644. The molecule has 0 atom stereocenters. The van der Waals surface area contributed by atoms with Crippen LogP contribution in [0.4, 0.5) is 0 Å². The average molecular weight is 296 g/mol. The molecule has 0 radical (unpaired) electrons. The molecule has 0 fully saturated rings. The molecule has 0 saturated carbocycles. The molecule has 0 unspecified atom stereocenters. The summed E-state index contributed by atoms with van der Waals surface area (Å²) < 4.78 is 15.8. The Bertz CT molecular complexity index is 801. The van der Waals surface area contributed by atoms with Gasteiger partial charge in [-0.2, -0.15) is 0 Å². The third kappa shape index (κ3) is 2.53. The summed E-state index contributed by atoms with van der Waals surface area (Å²) >= 11 is 0. The van der Waals surface area contributed by atoms with E-state index >= 15 is 0 Å². The molecule has 5 nitrogen and oxygen atoms in total. The average Bonchev–Trinajstić information content (AvgIpc) is 2.60. The molecule has 1 heterocycles. The minimum absolute atomic E-state index is 0.644. The van der Waals surface area contributed by atoms with Crippen LogP contribution in [0.2, 0.25) is 0 Å². The van der Waals surface area contributed by atoms with Crippen molar-refractivity contribution < 1.29 is 14.2 Å². The summed E-state index contributed by atoms with van der Waals surface area (Å²) in [5.41, 5.74) is 1.70. The van der Waals surface area contributed by atoms with Gasteiger partial charge < -0.3 is 14.2 Å². The molecule has 5 heteroatoms. The van der Waals surface area contributed by atoms with Crippen molar-refractivity contribution in [3.63, 3.8) is 0 Å². The molecule has 0 aliphatic carbocycles. The van der Waals surface area contributed by atoms with Crippen molar-refractivity contribution in [3.8, 4) is 28.6 Å². The maximum absolute atomic E-state index is 5.37. The highest BCUT2D eigenvalue weighted by Gasteiger charge is 2.09. The Morgan fingerprint density at radius 1 is 0.818 bits per heavy atom. The molecule has 0 aliphatic heterocycles. The van der Waals surface area contributed by atoms with E-state index < -0.39 is 0 Å². The number of nitrogens with zero attached hydrogens (tertiary/aromatic N) is 2. The summed E-state index contributed by atoms with van der Waals surface area (Å²) in [5, 5.41) is 0.848. The topological polar surface area (TPSA) is 53.5 Å². The zero-order valence-electron chi connectivity index (χ0n) is 12.7. The predicted octanol–water partition coefficient (Wildman–Crippen LogP) is 3.32. The second-order valence-electron chi connectivity index (χ2n) is 4.68. The highest BCUT2D eigenvalue weighted by molar-refractivity contribution is 5.87. The zero-order valence-corrected chi connectivity index (χ0v) is 12.7. The third-order valence-electron chi connectivity index (χ3n) is 3.44. The third-order valence-corrected chi connectivity index (χ3v) is 3.44. The van der Waals surface area contributed by atoms with Crippen LogP contribution >= 0.6 is 0 Å². The molecular weight excluding hydrogens is 280 g/mol. The molecule has 0 aliphatic rings. The van der Waals surface area contributed by atoms with Crippen molar-refractivity contribution in [2.24, 2.45) is 0 Å². The van der Waals surface area contributed by atoms with Crippen molar-refractivity contribution >= 4 is 10.9 Å². The molecule has 0 bridgehead atoms. The van der Waals surface area contributed by atoms with E-state index in [0.717, 1.165) is 22.2 Å². The lowest BCUT2D eigenvalue weighted by Crippen LogP contribution is -1.94. The fourth-order valence-electron chi connectivity index (χ4n) is 2.24. The number of fused-ring (bicyclic) bond motifs is 1. The summed E-state index contributed by atoms with van der Waals surface area (Å²) in [5.74, 6) is 2.83. The molecule has 112 valence electrons. The van der Waals surface area contributed by atoms with Gasteiger partial charge in [-0.1, -0.05) is 0 Å². The van der Waals surface area contributed by atoms with Gasteiger partial charge in [0, 0.05) is 23.9 Å². The van der Waals surface area contributed by atoms with E-state index in [4.69, 9.17) is 14.2 Å². The Hall–Kier alpha value is -2.82. The number of methoxy groups -OCH3 is 3. The Labute approximate surface area is 128 Å². The van der Waals surface area contributed by atoms with Gasteiger partial charge in [-0.15, -0.1) is 0 Å². The first kappa shape index (κ1) is 14.1. The Balaban J connectivity index is 2.11. The van der Waals surface area contributed by atoms with Gasteiger partial charge in [-0.05, 0) is 24.3 Å². The SMILES string of the molecule is COc1ccc(-c2ncc3c(OC)cc(OC)cc3n2)cc1. The maximum Gasteiger partial charge on any atom is 0.159 e. The quantitative estimate of drug-likeness (QED) is 0.739. The van der Waals surface area contributed by atoms with Crippen molar-refractivity contribution in [1.82, 2.24) is 9.97 Å². The van der Waals surface area contributed by atoms with E-state index in [1.54, 1.807) is 27.5 Å². The van der Waals surface area contributed by atoms with Gasteiger partial charge in [0.1, 0.15) is 17.2 Å². The first-order valence-electron chi connectivity index (χ1n) is 6.78. The van der Waals surface area contributed by atoms with Crippen LogP contribution in [0.1, 0.15) is 0 Å². The molecule has 0 spiro atoms. The molecular formula is C17H16N2O3. The van der Waals surface area contributed by atoms with Crippen molar-refractivity contribution in [3.05, 3.63) is 42.6 Å². The first-order chi connectivity index (χ1) is 10.7. The van der Waals surface area contributed by atoms with E-state index in [1.165, 1.54) is 0 Å². The molecule has 0 N–H and O–H groups in total. The normalized spacial score (nSPS) is 10.5. The van der Waals surface area contributed by atoms with Crippen molar-refractivity contribution in [2.75, 3.05) is 21.3 Å². The van der Waals surface area contributed by atoms with E-state index in [0.29, 0.717) is 17.3 Å². The van der Waals surface area contributed by atoms with Crippen LogP contribution in [0.15, 0.2) is 42.6 Å². The van der Waals surface area contributed by atoms with Gasteiger partial charge in [0.05, 0.1) is 32.2 Å². The van der Waals surface area contributed by atoms with E-state index in [1.807, 2.05) is 36.4 Å². The van der Waals surface area contributed by atoms with Gasteiger partial charge >= 0.3 is 0 Å². The number of benzene rings is 2. The minimum Gasteiger partial charge on any atom is -0.497 e. The van der Waals surface area contributed by atoms with E-state index in [9.17, 15) is 0 Å². The second-order valence-corrected chi connectivity index (χ2v) is 4.68. The Morgan fingerprint density at radius 2 is 1.55 bits per heavy atom. The highest BCUT2D eigenvalue weighted by atomic mass is 16.5. The smallest absolute Gasteiger partial charge is 0.159 e. The van der Waals surface area contributed by atoms with Crippen molar-refractivity contribution in [1.29, 1.82) is 0 Å². The summed E-state index contributed by atoms with van der Waals surface area (Å²) in [6.07, 6.45) is 1.76. The van der Waals surface area contributed by atoms with Gasteiger partial charge in [-0.25, -0.2) is 9.97 Å². The number of aromatic nitrogens is 2. The largest absolute Gasteiger partial charge is 0.497 e. The van der Waals surface area contributed by atoms with Gasteiger partial charge in [0.2, 0.25) is 0 Å². The fourth-order valence-corrected chi connectivity index (χ4v) is 2.24. The summed E-state index contributed by atoms with van der Waals surface area (Å²) in [6.45, 7) is 0. The maximum atomic E-state index is 5.37. The molecule has 22 heavy (non-hydrogen) atoms. The highest BCUT2D eigenvalue weighted by Crippen LogP contribution is 2.31. The zero-order chi connectivity index (χ0) is 15.5. The standard InChI is InChI=1S/C17H16N2O3/c1-20-12-6-4-11(5-7-12)17-18-10-14-15(19-17)8-13(21-2)9-16(14)22-3/h4-10H,1-3H3. The number of ether oxygens (including phenoxy) is 3. The Kier molecular flexibility index (Phi) is 3.78. The van der Waals surface area contributed by atoms with Gasteiger partial charge in [0.15, 0.2) is 5.82 Å². The van der Waals surface area contributed by atoms with E-state index in [2.05, 4.69) is 9.97 Å². The predicted molar refractivity (Wildman–Crippen MR) is 84.6 cm³/mol. The van der Waals surface area contributed by atoms with Crippen LogP contribution in [0.3, 0.4) is 0 Å². The number of hydrogen-bond acceptors (Lipinski definition) is 5. The molecule has 0 saturated heterocycles. The van der Waals surface area contributed by atoms with Gasteiger partial charge in [0.25, 0.3) is 0 Å². The fraction of sp³-hybridized carbons (Fsp3) is 0.176. The van der Waals surface area contributed by atoms with Crippen LogP contribution in [-0.2, 0) is 0 Å². The summed E-state index contributed by atoms with van der Waals surface area (Å²) in [7, 11) is 4.87. The number of hydrogen-bond donors (Lipinski definition) is 0. The second kappa shape index (κ2) is 5.89. The van der Waals surface area contributed by atoms with E-state index in [-0.39, 0.29) is 0 Å². The molecule has 3 aromatic rings. The van der Waals surface area contributed by atoms with Crippen LogP contribution in [0.25, 0.3) is 22.3 Å². The van der Waals surface area contributed by atoms with Crippen LogP contribution in [0.5, 0.6) is 17.2 Å². The van der Waals surface area contributed by atoms with Crippen LogP contribution in [-0.4, -0.2) is 31.3 Å². The Morgan fingerprint density at radius 3 is 2.18 bits per heavy atom. The molecule has 1 aromatic heterocycles.